The number of piperazine rings is 1. The molecule has 2 N–H and O–H groups in total. The van der Waals surface area contributed by atoms with E-state index in [1.807, 2.05) is 0 Å². The van der Waals surface area contributed by atoms with E-state index in [1.54, 1.807) is 0 Å². The molecule has 1 aliphatic heterocycles. The van der Waals surface area contributed by atoms with Gasteiger partial charge < -0.3 is 15.2 Å². The van der Waals surface area contributed by atoms with Gasteiger partial charge in [0, 0.05) is 0 Å². The molecule has 0 saturated carbocycles. The summed E-state index contributed by atoms with van der Waals surface area (Å²) in [4.78, 5) is 33.4. The molecular weight excluding hydrogens is 192 g/mol. The molecule has 0 unspecified atom stereocenters. The first-order valence-corrected chi connectivity index (χ1v) is 3.89. The van der Waals surface area contributed by atoms with Crippen LogP contribution in [0.2, 0.25) is 0 Å². The maximum Gasteiger partial charge on any atom is 0.407 e. The van der Waals surface area contributed by atoms with E-state index in [0.29, 0.717) is 0 Å². The van der Waals surface area contributed by atoms with Crippen LogP contribution in [-0.2, 0) is 14.3 Å². The minimum atomic E-state index is -1.23. The molecule has 0 aromatic heterocycles. The van der Waals surface area contributed by atoms with Crippen LogP contribution in [0.1, 0.15) is 0 Å². The fourth-order valence-corrected chi connectivity index (χ4v) is 1.17. The zero-order chi connectivity index (χ0) is 10.7. The number of nitrogens with one attached hydrogen (secondary N) is 1. The van der Waals surface area contributed by atoms with E-state index >= 15 is 0 Å². The van der Waals surface area contributed by atoms with Gasteiger partial charge in [0.05, 0.1) is 13.7 Å². The molecule has 1 fully saturated rings. The number of carbonyl (C=O) groups is 3. The van der Waals surface area contributed by atoms with Crippen LogP contribution < -0.4 is 5.32 Å². The summed E-state index contributed by atoms with van der Waals surface area (Å²) in [6.45, 7) is -0.323. The zero-order valence-corrected chi connectivity index (χ0v) is 7.52. The third-order valence-electron chi connectivity index (χ3n) is 1.83. The highest BCUT2D eigenvalue weighted by Gasteiger charge is 2.32. The Morgan fingerprint density at radius 2 is 2.29 bits per heavy atom. The Bertz CT molecular complexity index is 277. The number of carbonyl (C=O) groups excluding carboxylic acids is 2. The summed E-state index contributed by atoms with van der Waals surface area (Å²) in [7, 11) is 1.17. The number of esters is 1. The molecule has 1 atom stereocenters. The van der Waals surface area contributed by atoms with Crippen molar-refractivity contribution in [3.05, 3.63) is 0 Å². The summed E-state index contributed by atoms with van der Waals surface area (Å²) in [5, 5.41) is 11.0. The molecule has 0 aromatic carbocycles. The lowest BCUT2D eigenvalue weighted by molar-refractivity contribution is -0.147. The minimum absolute atomic E-state index is 0.0756. The normalized spacial score (nSPS) is 21.4. The number of hydrogen-bond acceptors (Lipinski definition) is 4. The van der Waals surface area contributed by atoms with Gasteiger partial charge in [-0.3, -0.25) is 9.69 Å². The lowest BCUT2D eigenvalue weighted by Gasteiger charge is -2.29. The molecule has 1 heterocycles. The molecule has 7 heteroatoms. The van der Waals surface area contributed by atoms with E-state index in [2.05, 4.69) is 10.1 Å². The maximum atomic E-state index is 11.0. The Hall–Kier alpha value is -1.79. The fraction of sp³-hybridized carbons (Fsp3) is 0.571. The summed E-state index contributed by atoms with van der Waals surface area (Å²) in [5.41, 5.74) is 0. The van der Waals surface area contributed by atoms with Crippen LogP contribution in [0.15, 0.2) is 0 Å². The molecule has 1 rings (SSSR count). The van der Waals surface area contributed by atoms with Gasteiger partial charge in [-0.2, -0.15) is 0 Å². The smallest absolute Gasteiger partial charge is 0.407 e. The van der Waals surface area contributed by atoms with Crippen molar-refractivity contribution in [3.8, 4) is 0 Å². The number of hydrogen-bond donors (Lipinski definition) is 2. The van der Waals surface area contributed by atoms with E-state index in [1.165, 1.54) is 7.11 Å². The van der Waals surface area contributed by atoms with Crippen molar-refractivity contribution in [1.29, 1.82) is 0 Å². The van der Waals surface area contributed by atoms with E-state index in [-0.39, 0.29) is 13.1 Å². The van der Waals surface area contributed by atoms with Gasteiger partial charge in [-0.25, -0.2) is 9.59 Å². The highest BCUT2D eigenvalue weighted by molar-refractivity contribution is 5.89. The summed E-state index contributed by atoms with van der Waals surface area (Å²) >= 11 is 0. The second-order valence-electron chi connectivity index (χ2n) is 2.81. The first-order valence-electron chi connectivity index (χ1n) is 3.89. The van der Waals surface area contributed by atoms with Gasteiger partial charge in [0.2, 0.25) is 5.91 Å². The van der Waals surface area contributed by atoms with Gasteiger partial charge >= 0.3 is 12.1 Å². The number of amides is 2. The van der Waals surface area contributed by atoms with E-state index in [4.69, 9.17) is 5.11 Å². The molecule has 0 bridgehead atoms. The second kappa shape index (κ2) is 3.95. The SMILES string of the molecule is COC(=O)[C@@H]1CN(C(=O)O)CC(=O)N1. The molecule has 2 amide bonds. The first kappa shape index (κ1) is 10.3. The minimum Gasteiger partial charge on any atom is -0.467 e. The Labute approximate surface area is 79.6 Å². The van der Waals surface area contributed by atoms with Crippen molar-refractivity contribution in [3.63, 3.8) is 0 Å². The highest BCUT2D eigenvalue weighted by Crippen LogP contribution is 2.01. The summed E-state index contributed by atoms with van der Waals surface area (Å²) in [6.07, 6.45) is -1.23. The van der Waals surface area contributed by atoms with Gasteiger partial charge in [-0.15, -0.1) is 0 Å². The van der Waals surface area contributed by atoms with Crippen molar-refractivity contribution in [2.75, 3.05) is 20.2 Å². The third-order valence-corrected chi connectivity index (χ3v) is 1.83. The Balaban J connectivity index is 2.67. The zero-order valence-electron chi connectivity index (χ0n) is 7.52. The fourth-order valence-electron chi connectivity index (χ4n) is 1.17. The van der Waals surface area contributed by atoms with Crippen LogP contribution in [0.3, 0.4) is 0 Å². The van der Waals surface area contributed by atoms with Crippen molar-refractivity contribution in [2.45, 2.75) is 6.04 Å². The average Bonchev–Trinajstić information content (AvgIpc) is 2.15. The summed E-state index contributed by atoms with van der Waals surface area (Å²) in [5.74, 6) is -1.15. The summed E-state index contributed by atoms with van der Waals surface area (Å²) in [6, 6.07) is -0.905. The van der Waals surface area contributed by atoms with Crippen molar-refractivity contribution < 1.29 is 24.2 Å². The Morgan fingerprint density at radius 1 is 1.64 bits per heavy atom. The predicted octanol–water partition coefficient (Wildman–Crippen LogP) is -1.36. The predicted molar refractivity (Wildman–Crippen MR) is 43.5 cm³/mol. The van der Waals surface area contributed by atoms with Crippen LogP contribution in [0.25, 0.3) is 0 Å². The number of rotatable bonds is 1. The van der Waals surface area contributed by atoms with Gasteiger partial charge in [0.1, 0.15) is 12.6 Å². The average molecular weight is 202 g/mol. The van der Waals surface area contributed by atoms with Gasteiger partial charge in [-0.1, -0.05) is 0 Å². The van der Waals surface area contributed by atoms with Crippen LogP contribution >= 0.6 is 0 Å². The molecule has 0 spiro atoms. The van der Waals surface area contributed by atoms with Crippen molar-refractivity contribution >= 4 is 18.0 Å². The molecule has 1 saturated heterocycles. The number of ether oxygens (including phenoxy) is 1. The third kappa shape index (κ3) is 2.12. The lowest BCUT2D eigenvalue weighted by atomic mass is 10.2. The lowest BCUT2D eigenvalue weighted by Crippen LogP contribution is -2.58. The molecule has 0 aromatic rings. The van der Waals surface area contributed by atoms with E-state index in [0.717, 1.165) is 4.90 Å². The van der Waals surface area contributed by atoms with E-state index < -0.39 is 24.0 Å². The first-order chi connectivity index (χ1) is 6.54. The quantitative estimate of drug-likeness (QED) is 0.512. The van der Waals surface area contributed by atoms with Crippen LogP contribution in [0.4, 0.5) is 4.79 Å². The van der Waals surface area contributed by atoms with Gasteiger partial charge in [-0.05, 0) is 0 Å². The molecule has 78 valence electrons. The van der Waals surface area contributed by atoms with Crippen LogP contribution in [-0.4, -0.2) is 54.2 Å². The molecule has 0 aliphatic carbocycles. The highest BCUT2D eigenvalue weighted by atomic mass is 16.5. The molecular formula is C7H10N2O5. The van der Waals surface area contributed by atoms with Crippen LogP contribution in [0.5, 0.6) is 0 Å². The largest absolute Gasteiger partial charge is 0.467 e. The second-order valence-corrected chi connectivity index (χ2v) is 2.81. The molecule has 14 heavy (non-hydrogen) atoms. The Kier molecular flexibility index (Phi) is 2.90. The van der Waals surface area contributed by atoms with Crippen LogP contribution in [0, 0.1) is 0 Å². The molecule has 0 radical (unpaired) electrons. The monoisotopic (exact) mass is 202 g/mol. The maximum absolute atomic E-state index is 11.0. The topological polar surface area (TPSA) is 95.9 Å². The van der Waals surface area contributed by atoms with Crippen molar-refractivity contribution in [1.82, 2.24) is 10.2 Å². The van der Waals surface area contributed by atoms with Gasteiger partial charge in [0.25, 0.3) is 0 Å². The molecule has 1 aliphatic rings. The summed E-state index contributed by atoms with van der Waals surface area (Å²) < 4.78 is 4.39. The standard InChI is InChI=1S/C7H10N2O5/c1-14-6(11)4-2-9(7(12)13)3-5(10)8-4/h4H,2-3H2,1H3,(H,8,10)(H,12,13)/t4-/m0/s1. The number of nitrogens with zero attached hydrogens (tertiary/aromatic N) is 1. The molecule has 7 nitrogen and oxygen atoms in total. The number of carboxylic acid groups (broad SMARTS) is 1. The van der Waals surface area contributed by atoms with Gasteiger partial charge in [0.15, 0.2) is 0 Å². The Morgan fingerprint density at radius 3 is 2.79 bits per heavy atom. The number of methoxy groups -OCH3 is 1. The van der Waals surface area contributed by atoms with Crippen molar-refractivity contribution in [2.24, 2.45) is 0 Å². The van der Waals surface area contributed by atoms with E-state index in [9.17, 15) is 14.4 Å².